The summed E-state index contributed by atoms with van der Waals surface area (Å²) < 4.78 is 12.4. The molecule has 1 aliphatic heterocycles. The van der Waals surface area contributed by atoms with Gasteiger partial charge in [0.15, 0.2) is 6.04 Å². The second-order valence-corrected chi connectivity index (χ2v) is 7.45. The van der Waals surface area contributed by atoms with Gasteiger partial charge in [-0.05, 0) is 32.9 Å². The Morgan fingerprint density at radius 2 is 1.62 bits per heavy atom. The van der Waals surface area contributed by atoms with E-state index in [1.807, 2.05) is 20.8 Å². The van der Waals surface area contributed by atoms with Gasteiger partial charge in [0.25, 0.3) is 0 Å². The van der Waals surface area contributed by atoms with Gasteiger partial charge in [0, 0.05) is 5.54 Å². The normalized spacial score (nSPS) is 15.8. The summed E-state index contributed by atoms with van der Waals surface area (Å²) in [4.78, 5) is 51.5. The van der Waals surface area contributed by atoms with E-state index in [1.165, 1.54) is 0 Å². The number of hydrogen-bond acceptors (Lipinski definition) is 7. The molecule has 0 saturated heterocycles. The van der Waals surface area contributed by atoms with Crippen molar-refractivity contribution in [1.29, 1.82) is 0 Å². The van der Waals surface area contributed by atoms with E-state index in [0.717, 1.165) is 28.2 Å². The Morgan fingerprint density at radius 1 is 1.00 bits per heavy atom. The van der Waals surface area contributed by atoms with Gasteiger partial charge in [-0.2, -0.15) is 4.68 Å². The molecule has 0 fully saturated rings. The average molecular weight is 402 g/mol. The van der Waals surface area contributed by atoms with Crippen molar-refractivity contribution >= 4 is 17.8 Å². The number of esters is 2. The first-order chi connectivity index (χ1) is 13.6. The van der Waals surface area contributed by atoms with Crippen molar-refractivity contribution in [3.8, 4) is 5.69 Å². The highest BCUT2D eigenvalue weighted by molar-refractivity contribution is 6.02. The number of fused-ring (bicyclic) bond motifs is 1. The zero-order chi connectivity index (χ0) is 21.5. The molecule has 0 bridgehead atoms. The minimum Gasteiger partial charge on any atom is -0.467 e. The van der Waals surface area contributed by atoms with Crippen LogP contribution >= 0.6 is 0 Å². The minimum atomic E-state index is -1.47. The molecule has 1 aromatic heterocycles. The number of nitrogens with zero attached hydrogens (tertiary/aromatic N) is 3. The number of carbonyl (C=O) groups is 2. The molecule has 1 atom stereocenters. The molecule has 0 saturated carbocycles. The number of benzene rings is 1. The summed E-state index contributed by atoms with van der Waals surface area (Å²) in [5.41, 5.74) is -1.97. The lowest BCUT2D eigenvalue weighted by atomic mass is 10.1. The summed E-state index contributed by atoms with van der Waals surface area (Å²) in [6.45, 7) is 5.42. The van der Waals surface area contributed by atoms with E-state index < -0.39 is 34.9 Å². The number of nitrogens with one attached hydrogen (secondary N) is 1. The summed E-state index contributed by atoms with van der Waals surface area (Å²) in [7, 11) is 2.28. The summed E-state index contributed by atoms with van der Waals surface area (Å²) in [5, 5.41) is 3.04. The Kier molecular flexibility index (Phi) is 4.95. The van der Waals surface area contributed by atoms with E-state index in [9.17, 15) is 19.2 Å². The smallest absolute Gasteiger partial charge is 0.358 e. The van der Waals surface area contributed by atoms with Crippen LogP contribution in [-0.4, -0.2) is 45.6 Å². The van der Waals surface area contributed by atoms with Gasteiger partial charge in [-0.1, -0.05) is 18.2 Å². The van der Waals surface area contributed by atoms with Gasteiger partial charge >= 0.3 is 23.3 Å². The predicted molar refractivity (Wildman–Crippen MR) is 103 cm³/mol. The molecule has 2 heterocycles. The third-order valence-corrected chi connectivity index (χ3v) is 4.30. The van der Waals surface area contributed by atoms with Crippen molar-refractivity contribution in [1.82, 2.24) is 19.2 Å². The van der Waals surface area contributed by atoms with Crippen LogP contribution < -0.4 is 16.7 Å². The maximum absolute atomic E-state index is 13.2. The van der Waals surface area contributed by atoms with Crippen molar-refractivity contribution in [3.05, 3.63) is 56.9 Å². The van der Waals surface area contributed by atoms with Gasteiger partial charge < -0.3 is 14.8 Å². The third kappa shape index (κ3) is 3.26. The SMILES string of the molecule is COC(=O)C1=C(NC(C)(C)C)n2c(=O)n(-c3ccccc3)c(=O)n2C1C(=O)OC. The molecule has 154 valence electrons. The van der Waals surface area contributed by atoms with Crippen LogP contribution in [0.3, 0.4) is 0 Å². The number of aromatic nitrogens is 3. The van der Waals surface area contributed by atoms with Crippen molar-refractivity contribution < 1.29 is 19.1 Å². The Morgan fingerprint density at radius 3 is 2.14 bits per heavy atom. The van der Waals surface area contributed by atoms with Crippen LogP contribution in [0, 0.1) is 0 Å². The zero-order valence-electron chi connectivity index (χ0n) is 16.8. The molecule has 1 aliphatic rings. The Balaban J connectivity index is 2.40. The fourth-order valence-corrected chi connectivity index (χ4v) is 3.17. The van der Waals surface area contributed by atoms with Crippen LogP contribution in [0.25, 0.3) is 11.5 Å². The van der Waals surface area contributed by atoms with E-state index in [4.69, 9.17) is 9.47 Å². The number of hydrogen-bond donors (Lipinski definition) is 1. The largest absolute Gasteiger partial charge is 0.467 e. The highest BCUT2D eigenvalue weighted by Crippen LogP contribution is 2.31. The van der Waals surface area contributed by atoms with Crippen molar-refractivity contribution in [2.75, 3.05) is 14.2 Å². The molecule has 10 heteroatoms. The molecule has 1 unspecified atom stereocenters. The molecule has 3 rings (SSSR count). The van der Waals surface area contributed by atoms with Gasteiger partial charge in [-0.25, -0.2) is 28.4 Å². The van der Waals surface area contributed by atoms with Crippen LogP contribution in [0.4, 0.5) is 0 Å². The first-order valence-corrected chi connectivity index (χ1v) is 8.83. The van der Waals surface area contributed by atoms with E-state index in [2.05, 4.69) is 5.32 Å². The van der Waals surface area contributed by atoms with E-state index in [-0.39, 0.29) is 11.4 Å². The molecule has 10 nitrogen and oxygen atoms in total. The third-order valence-electron chi connectivity index (χ3n) is 4.30. The molecule has 29 heavy (non-hydrogen) atoms. The number of methoxy groups -OCH3 is 2. The fraction of sp³-hybridized carbons (Fsp3) is 0.368. The van der Waals surface area contributed by atoms with Gasteiger partial charge in [0.1, 0.15) is 11.4 Å². The van der Waals surface area contributed by atoms with Crippen molar-refractivity contribution in [2.24, 2.45) is 0 Å². The standard InChI is InChI=1S/C19H22N4O6/c1-19(2,3)20-14-12(15(24)28-4)13(16(25)29-5)22-17(26)21(18(27)23(14)22)11-9-7-6-8-10-11/h6-10,13,20H,1-5H3. The average Bonchev–Trinajstić information content (AvgIpc) is 3.13. The van der Waals surface area contributed by atoms with Gasteiger partial charge in [-0.15, -0.1) is 0 Å². The maximum Gasteiger partial charge on any atom is 0.358 e. The highest BCUT2D eigenvalue weighted by Gasteiger charge is 2.46. The summed E-state index contributed by atoms with van der Waals surface area (Å²) >= 11 is 0. The zero-order valence-corrected chi connectivity index (χ0v) is 16.8. The fourth-order valence-electron chi connectivity index (χ4n) is 3.17. The molecule has 1 aromatic carbocycles. The lowest BCUT2D eigenvalue weighted by Gasteiger charge is -2.23. The van der Waals surface area contributed by atoms with Crippen LogP contribution in [0.2, 0.25) is 0 Å². The van der Waals surface area contributed by atoms with Crippen LogP contribution in [-0.2, 0) is 19.1 Å². The lowest BCUT2D eigenvalue weighted by Crippen LogP contribution is -2.40. The van der Waals surface area contributed by atoms with E-state index in [1.54, 1.807) is 30.3 Å². The Hall–Kier alpha value is -3.56. The lowest BCUT2D eigenvalue weighted by molar-refractivity contribution is -0.146. The summed E-state index contributed by atoms with van der Waals surface area (Å²) in [5.74, 6) is -1.73. The maximum atomic E-state index is 13.2. The molecule has 2 aromatic rings. The second kappa shape index (κ2) is 7.12. The first kappa shape index (κ1) is 20.2. The monoisotopic (exact) mass is 402 g/mol. The molecular formula is C19H22N4O6. The summed E-state index contributed by atoms with van der Waals surface area (Å²) in [6, 6.07) is 6.81. The van der Waals surface area contributed by atoms with Crippen LogP contribution in [0.5, 0.6) is 0 Å². The second-order valence-electron chi connectivity index (χ2n) is 7.45. The van der Waals surface area contributed by atoms with Crippen molar-refractivity contribution in [3.63, 3.8) is 0 Å². The van der Waals surface area contributed by atoms with Gasteiger partial charge in [-0.3, -0.25) is 0 Å². The molecule has 0 radical (unpaired) electrons. The molecule has 1 N–H and O–H groups in total. The number of para-hydroxylation sites is 1. The van der Waals surface area contributed by atoms with Gasteiger partial charge in [0.2, 0.25) is 0 Å². The first-order valence-electron chi connectivity index (χ1n) is 8.83. The van der Waals surface area contributed by atoms with E-state index >= 15 is 0 Å². The Bertz CT molecular complexity index is 1110. The number of carbonyl (C=O) groups excluding carboxylic acids is 2. The Labute approximate surface area is 165 Å². The van der Waals surface area contributed by atoms with E-state index in [0.29, 0.717) is 5.69 Å². The minimum absolute atomic E-state index is 0.00321. The van der Waals surface area contributed by atoms with Crippen LogP contribution in [0.1, 0.15) is 26.8 Å². The van der Waals surface area contributed by atoms with Gasteiger partial charge in [0.05, 0.1) is 19.9 Å². The predicted octanol–water partition coefficient (Wildman–Crippen LogP) is 0.258. The molecule has 0 aliphatic carbocycles. The quantitative estimate of drug-likeness (QED) is 0.730. The molecule has 0 spiro atoms. The molecular weight excluding hydrogens is 380 g/mol. The molecule has 0 amide bonds. The topological polar surface area (TPSA) is 114 Å². The highest BCUT2D eigenvalue weighted by atomic mass is 16.5. The van der Waals surface area contributed by atoms with Crippen molar-refractivity contribution in [2.45, 2.75) is 32.4 Å². The number of ether oxygens (including phenoxy) is 2. The number of rotatable bonds is 4. The summed E-state index contributed by atoms with van der Waals surface area (Å²) in [6.07, 6.45) is 0. The van der Waals surface area contributed by atoms with Crippen LogP contribution in [0.15, 0.2) is 45.5 Å².